The molecule has 1 aliphatic rings. The number of fused-ring (bicyclic) bond motifs is 1. The van der Waals surface area contributed by atoms with Crippen LogP contribution in [0.5, 0.6) is 0 Å². The lowest BCUT2D eigenvalue weighted by atomic mass is 10.1. The van der Waals surface area contributed by atoms with Crippen LogP contribution in [0.4, 0.5) is 10.6 Å². The third-order valence-electron chi connectivity index (χ3n) is 5.70. The maximum absolute atomic E-state index is 12.7. The molecule has 0 saturated carbocycles. The van der Waals surface area contributed by atoms with Gasteiger partial charge in [0.1, 0.15) is 11.9 Å². The Morgan fingerprint density at radius 1 is 1.24 bits per heavy atom. The minimum Gasteiger partial charge on any atom is -0.376 e. The Labute approximate surface area is 197 Å². The maximum Gasteiger partial charge on any atom is 0.320 e. The zero-order chi connectivity index (χ0) is 23.5. The molecule has 5 rings (SSSR count). The van der Waals surface area contributed by atoms with E-state index in [9.17, 15) is 4.79 Å². The molecule has 1 aromatic carbocycles. The van der Waals surface area contributed by atoms with Crippen LogP contribution in [0.15, 0.2) is 60.9 Å². The summed E-state index contributed by atoms with van der Waals surface area (Å²) in [5, 5.41) is 11.2. The van der Waals surface area contributed by atoms with Crippen LogP contribution in [0.1, 0.15) is 29.9 Å². The van der Waals surface area contributed by atoms with Crippen LogP contribution in [-0.2, 0) is 16.1 Å². The summed E-state index contributed by atoms with van der Waals surface area (Å²) >= 11 is 0. The number of urea groups is 1. The summed E-state index contributed by atoms with van der Waals surface area (Å²) in [4.78, 5) is 21.7. The number of hydrogen-bond acceptors (Lipinski definition) is 6. The highest BCUT2D eigenvalue weighted by Gasteiger charge is 2.21. The van der Waals surface area contributed by atoms with E-state index < -0.39 is 0 Å². The molecule has 1 saturated heterocycles. The van der Waals surface area contributed by atoms with Gasteiger partial charge in [-0.05, 0) is 37.6 Å². The molecule has 0 aliphatic carbocycles. The smallest absolute Gasteiger partial charge is 0.320 e. The zero-order valence-electron chi connectivity index (χ0n) is 19.1. The third-order valence-corrected chi connectivity index (χ3v) is 5.70. The molecule has 0 unspecified atom stereocenters. The monoisotopic (exact) mass is 458 g/mol. The first-order valence-corrected chi connectivity index (χ1v) is 11.2. The van der Waals surface area contributed by atoms with Crippen LogP contribution in [0.2, 0.25) is 0 Å². The van der Waals surface area contributed by atoms with Crippen LogP contribution in [0, 0.1) is 6.92 Å². The highest BCUT2D eigenvalue weighted by atomic mass is 16.6. The lowest BCUT2D eigenvalue weighted by molar-refractivity contribution is -0.135. The fourth-order valence-corrected chi connectivity index (χ4v) is 3.84. The first kappa shape index (κ1) is 22.0. The Hall–Kier alpha value is -3.82. The largest absolute Gasteiger partial charge is 0.376 e. The van der Waals surface area contributed by atoms with E-state index in [4.69, 9.17) is 14.5 Å². The summed E-state index contributed by atoms with van der Waals surface area (Å²) in [6.07, 6.45) is 3.56. The number of amides is 2. The molecule has 0 bridgehead atoms. The number of benzene rings is 1. The van der Waals surface area contributed by atoms with E-state index in [0.29, 0.717) is 24.7 Å². The third kappa shape index (κ3) is 4.75. The predicted molar refractivity (Wildman–Crippen MR) is 128 cm³/mol. The van der Waals surface area contributed by atoms with Gasteiger partial charge >= 0.3 is 6.03 Å². The molecule has 9 nitrogen and oxygen atoms in total. The Morgan fingerprint density at radius 2 is 2.06 bits per heavy atom. The van der Waals surface area contributed by atoms with E-state index in [2.05, 4.69) is 20.7 Å². The van der Waals surface area contributed by atoms with Gasteiger partial charge in [-0.15, -0.1) is 0 Å². The van der Waals surface area contributed by atoms with Crippen LogP contribution in [0.3, 0.4) is 0 Å². The number of nitrogens with zero attached hydrogens (tertiary/aromatic N) is 4. The van der Waals surface area contributed by atoms with Gasteiger partial charge < -0.3 is 14.8 Å². The van der Waals surface area contributed by atoms with Gasteiger partial charge in [-0.3, -0.25) is 10.3 Å². The molecular formula is C25H26N6O3. The summed E-state index contributed by atoms with van der Waals surface area (Å²) in [6.45, 7) is 5.29. The van der Waals surface area contributed by atoms with Gasteiger partial charge in [0.05, 0.1) is 49.0 Å². The van der Waals surface area contributed by atoms with Gasteiger partial charge in [0.25, 0.3) is 0 Å². The number of carbonyl (C=O) groups excluding carboxylic acids is 1. The van der Waals surface area contributed by atoms with Crippen molar-refractivity contribution in [3.05, 3.63) is 77.9 Å². The first-order valence-electron chi connectivity index (χ1n) is 11.2. The molecule has 34 heavy (non-hydrogen) atoms. The van der Waals surface area contributed by atoms with Crippen molar-refractivity contribution in [2.24, 2.45) is 0 Å². The van der Waals surface area contributed by atoms with Crippen molar-refractivity contribution in [1.82, 2.24) is 25.1 Å². The lowest BCUT2D eigenvalue weighted by Crippen LogP contribution is -2.36. The molecule has 1 fully saturated rings. The molecule has 0 spiro atoms. The molecule has 9 heteroatoms. The van der Waals surface area contributed by atoms with Crippen molar-refractivity contribution in [2.45, 2.75) is 32.6 Å². The number of aryl methyl sites for hydroxylation is 1. The lowest BCUT2D eigenvalue weighted by Gasteiger charge is -2.26. The Kier molecular flexibility index (Phi) is 6.20. The van der Waals surface area contributed by atoms with Gasteiger partial charge in [-0.1, -0.05) is 30.3 Å². The summed E-state index contributed by atoms with van der Waals surface area (Å²) in [5.74, 6) is 0.430. The average Bonchev–Trinajstić information content (AvgIpc) is 3.22. The van der Waals surface area contributed by atoms with Crippen LogP contribution in [0.25, 0.3) is 16.6 Å². The first-order chi connectivity index (χ1) is 16.6. The molecule has 4 heterocycles. The fraction of sp³-hybridized carbons (Fsp3) is 0.280. The SMILES string of the molecule is Cc1cc(-n2ncc3cc(NC(=O)N[C@H](C)c4ccccc4)nc(COC4COC4)c32)ccn1. The van der Waals surface area contributed by atoms with Gasteiger partial charge in [0, 0.05) is 17.3 Å². The second kappa shape index (κ2) is 9.58. The van der Waals surface area contributed by atoms with Crippen molar-refractivity contribution in [1.29, 1.82) is 0 Å². The van der Waals surface area contributed by atoms with E-state index in [1.807, 2.05) is 67.1 Å². The molecule has 1 aliphatic heterocycles. The fourth-order valence-electron chi connectivity index (χ4n) is 3.84. The number of nitrogens with one attached hydrogen (secondary N) is 2. The number of aromatic nitrogens is 4. The summed E-state index contributed by atoms with van der Waals surface area (Å²) < 4.78 is 13.0. The number of carbonyl (C=O) groups is 1. The van der Waals surface area contributed by atoms with Crippen molar-refractivity contribution in [3.8, 4) is 5.69 Å². The Morgan fingerprint density at radius 3 is 2.79 bits per heavy atom. The highest BCUT2D eigenvalue weighted by Crippen LogP contribution is 2.25. The van der Waals surface area contributed by atoms with Crippen molar-refractivity contribution in [2.75, 3.05) is 18.5 Å². The van der Waals surface area contributed by atoms with Gasteiger partial charge in [0.2, 0.25) is 0 Å². The minimum absolute atomic E-state index is 0.0445. The molecule has 2 amide bonds. The highest BCUT2D eigenvalue weighted by molar-refractivity contribution is 5.92. The van der Waals surface area contributed by atoms with E-state index in [1.54, 1.807) is 12.4 Å². The number of ether oxygens (including phenoxy) is 2. The second-order valence-electron chi connectivity index (χ2n) is 8.31. The van der Waals surface area contributed by atoms with Crippen LogP contribution in [-0.4, -0.2) is 45.1 Å². The number of anilines is 1. The Balaban J connectivity index is 1.42. The van der Waals surface area contributed by atoms with Crippen LogP contribution >= 0.6 is 0 Å². The average molecular weight is 459 g/mol. The standard InChI is InChI=1S/C25H26N6O3/c1-16-10-20(8-9-26-16)31-24-19(12-27-31)11-23(29-22(24)15-34-21-13-33-14-21)30-25(32)28-17(2)18-6-4-3-5-7-18/h3-12,17,21H,13-15H2,1-2H3,(H2,28,29,30,32)/t17-/m1/s1. The molecule has 0 radical (unpaired) electrons. The topological polar surface area (TPSA) is 103 Å². The second-order valence-corrected chi connectivity index (χ2v) is 8.31. The van der Waals surface area contributed by atoms with E-state index in [1.165, 1.54) is 0 Å². The van der Waals surface area contributed by atoms with Crippen molar-refractivity contribution >= 4 is 22.8 Å². The summed E-state index contributed by atoms with van der Waals surface area (Å²) in [6, 6.07) is 15.0. The van der Waals surface area contributed by atoms with Crippen molar-refractivity contribution in [3.63, 3.8) is 0 Å². The quantitative estimate of drug-likeness (QED) is 0.435. The van der Waals surface area contributed by atoms with E-state index in [0.717, 1.165) is 27.8 Å². The minimum atomic E-state index is -0.334. The predicted octanol–water partition coefficient (Wildman–Crippen LogP) is 3.92. The van der Waals surface area contributed by atoms with Crippen molar-refractivity contribution < 1.29 is 14.3 Å². The normalized spacial score (nSPS) is 14.5. The molecule has 1 atom stereocenters. The summed E-state index contributed by atoms with van der Waals surface area (Å²) in [5.41, 5.74) is 4.30. The Bertz CT molecular complexity index is 1300. The molecule has 174 valence electrons. The molecule has 4 aromatic rings. The van der Waals surface area contributed by atoms with Gasteiger partial charge in [-0.2, -0.15) is 5.10 Å². The molecule has 3 aromatic heterocycles. The van der Waals surface area contributed by atoms with Gasteiger partial charge in [-0.25, -0.2) is 14.5 Å². The molecular weight excluding hydrogens is 432 g/mol. The number of pyridine rings is 2. The number of rotatable bonds is 7. The van der Waals surface area contributed by atoms with Gasteiger partial charge in [0.15, 0.2) is 0 Å². The summed E-state index contributed by atoms with van der Waals surface area (Å²) in [7, 11) is 0. The molecule has 2 N–H and O–H groups in total. The maximum atomic E-state index is 12.7. The zero-order valence-corrected chi connectivity index (χ0v) is 19.1. The van der Waals surface area contributed by atoms with E-state index >= 15 is 0 Å². The van der Waals surface area contributed by atoms with Crippen LogP contribution < -0.4 is 10.6 Å². The number of hydrogen-bond donors (Lipinski definition) is 2. The van der Waals surface area contributed by atoms with E-state index in [-0.39, 0.29) is 24.8 Å².